The van der Waals surface area contributed by atoms with Crippen LogP contribution in [-0.4, -0.2) is 14.5 Å². The smallest absolute Gasteiger partial charge is 0.146 e. The van der Waals surface area contributed by atoms with Gasteiger partial charge in [-0.25, -0.2) is 9.97 Å². The third kappa shape index (κ3) is 3.43. The van der Waals surface area contributed by atoms with Crippen LogP contribution in [0, 0.1) is 0 Å². The minimum atomic E-state index is 0.322. The van der Waals surface area contributed by atoms with Crippen molar-refractivity contribution in [3.05, 3.63) is 72.7 Å². The molecule has 0 aliphatic heterocycles. The fourth-order valence-electron chi connectivity index (χ4n) is 3.35. The van der Waals surface area contributed by atoms with Crippen molar-refractivity contribution in [1.29, 1.82) is 0 Å². The molecule has 4 aromatic rings. The molecular weight excluding hydrogens is 348 g/mol. The van der Waals surface area contributed by atoms with E-state index in [-0.39, 0.29) is 0 Å². The van der Waals surface area contributed by atoms with Crippen LogP contribution in [-0.2, 0) is 6.61 Å². The molecule has 0 saturated heterocycles. The van der Waals surface area contributed by atoms with Crippen molar-refractivity contribution in [2.24, 2.45) is 0 Å². The SMILES string of the molecule is CCC(C)n1cc(-c2cccc(OCc3ccccc3)c2)c2c(N)ncnc21. The van der Waals surface area contributed by atoms with Crippen molar-refractivity contribution in [1.82, 2.24) is 14.5 Å². The number of fused-ring (bicyclic) bond motifs is 1. The van der Waals surface area contributed by atoms with E-state index in [4.69, 9.17) is 10.5 Å². The van der Waals surface area contributed by atoms with E-state index in [9.17, 15) is 0 Å². The molecule has 1 unspecified atom stereocenters. The molecule has 2 heterocycles. The van der Waals surface area contributed by atoms with Gasteiger partial charge in [0, 0.05) is 17.8 Å². The maximum Gasteiger partial charge on any atom is 0.146 e. The summed E-state index contributed by atoms with van der Waals surface area (Å²) in [6.45, 7) is 4.88. The van der Waals surface area contributed by atoms with E-state index in [1.807, 2.05) is 36.4 Å². The number of nitrogens with two attached hydrogens (primary N) is 1. The lowest BCUT2D eigenvalue weighted by atomic mass is 10.1. The van der Waals surface area contributed by atoms with Gasteiger partial charge in [-0.3, -0.25) is 0 Å². The number of ether oxygens (including phenoxy) is 1. The predicted molar refractivity (Wildman–Crippen MR) is 113 cm³/mol. The number of nitrogen functional groups attached to an aromatic ring is 1. The first-order valence-electron chi connectivity index (χ1n) is 9.55. The molecule has 2 aromatic carbocycles. The molecule has 2 aromatic heterocycles. The average Bonchev–Trinajstić information content (AvgIpc) is 3.14. The lowest BCUT2D eigenvalue weighted by Gasteiger charge is -2.11. The second kappa shape index (κ2) is 7.72. The number of nitrogens with zero attached hydrogens (tertiary/aromatic N) is 3. The summed E-state index contributed by atoms with van der Waals surface area (Å²) in [4.78, 5) is 8.71. The number of hydrogen-bond donors (Lipinski definition) is 1. The molecule has 0 saturated carbocycles. The van der Waals surface area contributed by atoms with E-state index in [2.05, 4.69) is 52.8 Å². The van der Waals surface area contributed by atoms with Crippen LogP contribution in [0.15, 0.2) is 67.1 Å². The molecule has 0 fully saturated rings. The van der Waals surface area contributed by atoms with Crippen molar-refractivity contribution in [3.63, 3.8) is 0 Å². The minimum absolute atomic E-state index is 0.322. The van der Waals surface area contributed by atoms with E-state index < -0.39 is 0 Å². The lowest BCUT2D eigenvalue weighted by Crippen LogP contribution is -2.03. The zero-order chi connectivity index (χ0) is 19.5. The first kappa shape index (κ1) is 18.0. The second-order valence-corrected chi connectivity index (χ2v) is 6.97. The third-order valence-corrected chi connectivity index (χ3v) is 5.10. The molecule has 0 radical (unpaired) electrons. The third-order valence-electron chi connectivity index (χ3n) is 5.10. The molecule has 28 heavy (non-hydrogen) atoms. The van der Waals surface area contributed by atoms with Gasteiger partial charge in [-0.05, 0) is 36.6 Å². The second-order valence-electron chi connectivity index (χ2n) is 6.97. The molecule has 142 valence electrons. The van der Waals surface area contributed by atoms with Gasteiger partial charge in [0.15, 0.2) is 0 Å². The summed E-state index contributed by atoms with van der Waals surface area (Å²) in [5, 5.41) is 0.892. The molecule has 0 aliphatic carbocycles. The minimum Gasteiger partial charge on any atom is -0.489 e. The zero-order valence-electron chi connectivity index (χ0n) is 16.2. The Morgan fingerprint density at radius 2 is 1.89 bits per heavy atom. The number of aromatic nitrogens is 3. The maximum atomic E-state index is 6.23. The Labute approximate surface area is 164 Å². The van der Waals surface area contributed by atoms with Gasteiger partial charge in [0.1, 0.15) is 30.1 Å². The van der Waals surface area contributed by atoms with Crippen molar-refractivity contribution >= 4 is 16.9 Å². The van der Waals surface area contributed by atoms with Crippen molar-refractivity contribution in [2.75, 3.05) is 5.73 Å². The fourth-order valence-corrected chi connectivity index (χ4v) is 3.35. The summed E-state index contributed by atoms with van der Waals surface area (Å²) in [5.74, 6) is 1.32. The van der Waals surface area contributed by atoms with Crippen LogP contribution >= 0.6 is 0 Å². The van der Waals surface area contributed by atoms with E-state index in [0.717, 1.165) is 39.9 Å². The number of hydrogen-bond acceptors (Lipinski definition) is 4. The summed E-state index contributed by atoms with van der Waals surface area (Å²) >= 11 is 0. The Morgan fingerprint density at radius 3 is 2.68 bits per heavy atom. The molecule has 4 rings (SSSR count). The maximum absolute atomic E-state index is 6.23. The van der Waals surface area contributed by atoms with Crippen LogP contribution in [0.5, 0.6) is 5.75 Å². The van der Waals surface area contributed by atoms with Gasteiger partial charge in [-0.15, -0.1) is 0 Å². The van der Waals surface area contributed by atoms with Gasteiger partial charge < -0.3 is 15.0 Å². The Kier molecular flexibility index (Phi) is 4.98. The highest BCUT2D eigenvalue weighted by atomic mass is 16.5. The van der Waals surface area contributed by atoms with Crippen LogP contribution in [0.4, 0.5) is 5.82 Å². The monoisotopic (exact) mass is 372 g/mol. The number of rotatable bonds is 6. The number of anilines is 1. The Bertz CT molecular complexity index is 1090. The summed E-state index contributed by atoms with van der Waals surface area (Å²) in [6, 6.07) is 18.6. The lowest BCUT2D eigenvalue weighted by molar-refractivity contribution is 0.306. The van der Waals surface area contributed by atoms with Gasteiger partial charge in [0.05, 0.1) is 5.39 Å². The Hall–Kier alpha value is -3.34. The van der Waals surface area contributed by atoms with Crippen LogP contribution in [0.2, 0.25) is 0 Å². The zero-order valence-corrected chi connectivity index (χ0v) is 16.2. The van der Waals surface area contributed by atoms with Gasteiger partial charge in [-0.2, -0.15) is 0 Å². The molecule has 0 bridgehead atoms. The highest BCUT2D eigenvalue weighted by molar-refractivity contribution is 6.00. The average molecular weight is 372 g/mol. The van der Waals surface area contributed by atoms with Crippen LogP contribution in [0.1, 0.15) is 31.9 Å². The molecule has 5 nitrogen and oxygen atoms in total. The fraction of sp³-hybridized carbons (Fsp3) is 0.217. The summed E-state index contributed by atoms with van der Waals surface area (Å²) < 4.78 is 8.18. The van der Waals surface area contributed by atoms with Gasteiger partial charge in [0.2, 0.25) is 0 Å². The van der Waals surface area contributed by atoms with Gasteiger partial charge in [-0.1, -0.05) is 49.4 Å². The predicted octanol–water partition coefficient (Wildman–Crippen LogP) is 5.23. The van der Waals surface area contributed by atoms with Gasteiger partial charge in [0.25, 0.3) is 0 Å². The largest absolute Gasteiger partial charge is 0.489 e. The van der Waals surface area contributed by atoms with Crippen LogP contribution < -0.4 is 10.5 Å². The molecule has 2 N–H and O–H groups in total. The molecule has 5 heteroatoms. The highest BCUT2D eigenvalue weighted by Gasteiger charge is 2.17. The first-order valence-corrected chi connectivity index (χ1v) is 9.55. The summed E-state index contributed by atoms with van der Waals surface area (Å²) in [7, 11) is 0. The highest BCUT2D eigenvalue weighted by Crippen LogP contribution is 2.36. The summed E-state index contributed by atoms with van der Waals surface area (Å²) in [6.07, 6.45) is 4.66. The number of benzene rings is 2. The van der Waals surface area contributed by atoms with Crippen molar-refractivity contribution < 1.29 is 4.74 Å². The first-order chi connectivity index (χ1) is 13.7. The van der Waals surface area contributed by atoms with E-state index in [1.165, 1.54) is 6.33 Å². The molecule has 1 atom stereocenters. The molecule has 0 spiro atoms. The normalized spacial score (nSPS) is 12.2. The van der Waals surface area contributed by atoms with Gasteiger partial charge >= 0.3 is 0 Å². The van der Waals surface area contributed by atoms with E-state index >= 15 is 0 Å². The van der Waals surface area contributed by atoms with Crippen LogP contribution in [0.3, 0.4) is 0 Å². The van der Waals surface area contributed by atoms with E-state index in [0.29, 0.717) is 18.5 Å². The van der Waals surface area contributed by atoms with Crippen LogP contribution in [0.25, 0.3) is 22.2 Å². The molecule has 0 aliphatic rings. The molecule has 0 amide bonds. The quantitative estimate of drug-likeness (QED) is 0.503. The Balaban J connectivity index is 1.72. The standard InChI is InChI=1S/C23H24N4O/c1-3-16(2)27-13-20(21-22(24)25-15-26-23(21)27)18-10-7-11-19(12-18)28-14-17-8-5-4-6-9-17/h4-13,15-16H,3,14H2,1-2H3,(H2,24,25,26). The van der Waals surface area contributed by atoms with E-state index in [1.54, 1.807) is 0 Å². The summed E-state index contributed by atoms with van der Waals surface area (Å²) in [5.41, 5.74) is 10.3. The van der Waals surface area contributed by atoms with Crippen molar-refractivity contribution in [2.45, 2.75) is 32.9 Å². The molecular formula is C23H24N4O. The topological polar surface area (TPSA) is 66.0 Å². The van der Waals surface area contributed by atoms with Crippen molar-refractivity contribution in [3.8, 4) is 16.9 Å². The Morgan fingerprint density at radius 1 is 1.07 bits per heavy atom.